The summed E-state index contributed by atoms with van der Waals surface area (Å²) in [6.07, 6.45) is -2.58. The molecule has 0 aliphatic rings. The van der Waals surface area contributed by atoms with Crippen LogP contribution in [0.2, 0.25) is 0 Å². The molecule has 1 atom stereocenters. The third-order valence-electron chi connectivity index (χ3n) is 5.97. The fourth-order valence-electron chi connectivity index (χ4n) is 3.83. The Balaban J connectivity index is 1.98. The summed E-state index contributed by atoms with van der Waals surface area (Å²) in [5.41, 5.74) is -0.819. The van der Waals surface area contributed by atoms with Gasteiger partial charge in [-0.1, -0.05) is 46.8 Å². The number of ether oxygens (including phenoxy) is 1. The fraction of sp³-hybridized carbons (Fsp3) is 0.429. The molecule has 5 nitrogen and oxygen atoms in total. The van der Waals surface area contributed by atoms with Crippen molar-refractivity contribution in [2.24, 2.45) is 11.3 Å². The number of nitrogens with one attached hydrogen (secondary N) is 1. The number of carbonyl (C=O) groups is 2. The van der Waals surface area contributed by atoms with E-state index in [9.17, 15) is 27.9 Å². The molecule has 0 spiro atoms. The lowest BCUT2D eigenvalue weighted by Crippen LogP contribution is -2.49. The third-order valence-corrected chi connectivity index (χ3v) is 7.13. The number of alkyl halides is 3. The number of thiophene rings is 1. The number of carboxylic acids is 1. The second kappa shape index (κ2) is 11.1. The van der Waals surface area contributed by atoms with Gasteiger partial charge in [0.15, 0.2) is 0 Å². The zero-order chi connectivity index (χ0) is 27.5. The number of carboxylic acid groups (broad SMARTS) is 1. The minimum Gasteiger partial charge on any atom is -0.487 e. The Hall–Kier alpha value is -3.07. The van der Waals surface area contributed by atoms with Crippen LogP contribution in [0.4, 0.5) is 13.2 Å². The summed E-state index contributed by atoms with van der Waals surface area (Å²) in [7, 11) is 0. The highest BCUT2D eigenvalue weighted by atomic mass is 32.1. The molecule has 0 bridgehead atoms. The molecule has 0 radical (unpaired) electrons. The van der Waals surface area contributed by atoms with Crippen molar-refractivity contribution < 1.29 is 32.6 Å². The lowest BCUT2D eigenvalue weighted by molar-refractivity contribution is -0.142. The normalized spacial score (nSPS) is 13.1. The molecular formula is C28H32F3NO4S. The average molecular weight is 536 g/mol. The highest BCUT2D eigenvalue weighted by Gasteiger charge is 2.34. The second-order valence-corrected chi connectivity index (χ2v) is 11.8. The molecular weight excluding hydrogens is 503 g/mol. The molecule has 37 heavy (non-hydrogen) atoms. The molecule has 2 N–H and O–H groups in total. The first kappa shape index (κ1) is 28.5. The van der Waals surface area contributed by atoms with Gasteiger partial charge in [-0.2, -0.15) is 13.2 Å². The van der Waals surface area contributed by atoms with E-state index in [1.54, 1.807) is 38.2 Å². The number of aryl methyl sites for hydroxylation is 1. The van der Waals surface area contributed by atoms with Gasteiger partial charge in [-0.15, -0.1) is 11.3 Å². The van der Waals surface area contributed by atoms with Gasteiger partial charge >= 0.3 is 12.1 Å². The summed E-state index contributed by atoms with van der Waals surface area (Å²) < 4.78 is 45.8. The maximum atomic E-state index is 13.3. The summed E-state index contributed by atoms with van der Waals surface area (Å²) in [4.78, 5) is 26.2. The topological polar surface area (TPSA) is 75.6 Å². The summed E-state index contributed by atoms with van der Waals surface area (Å²) >= 11 is 1.59. The van der Waals surface area contributed by atoms with Gasteiger partial charge in [-0.3, -0.25) is 4.79 Å². The van der Waals surface area contributed by atoms with E-state index >= 15 is 0 Å². The third kappa shape index (κ3) is 7.25. The molecule has 0 aliphatic heterocycles. The number of carbonyl (C=O) groups excluding carboxylic acids is 1. The number of halogens is 3. The number of hydrogen-bond donors (Lipinski definition) is 2. The van der Waals surface area contributed by atoms with Crippen molar-refractivity contribution in [2.75, 3.05) is 0 Å². The van der Waals surface area contributed by atoms with Crippen LogP contribution in [0.25, 0.3) is 10.1 Å². The number of fused-ring (bicyclic) bond motifs is 1. The molecule has 3 rings (SSSR count). The number of hydrogen-bond acceptors (Lipinski definition) is 4. The van der Waals surface area contributed by atoms with Crippen LogP contribution in [-0.4, -0.2) is 23.0 Å². The van der Waals surface area contributed by atoms with Crippen LogP contribution in [0.1, 0.15) is 67.4 Å². The molecule has 3 aromatic rings. The maximum absolute atomic E-state index is 13.3. The molecule has 2 aromatic carbocycles. The van der Waals surface area contributed by atoms with Crippen molar-refractivity contribution in [3.63, 3.8) is 0 Å². The molecule has 9 heteroatoms. The number of amides is 1. The summed E-state index contributed by atoms with van der Waals surface area (Å²) in [6.45, 7) is 9.38. The van der Waals surface area contributed by atoms with Crippen molar-refractivity contribution >= 4 is 33.3 Å². The zero-order valence-corrected chi connectivity index (χ0v) is 22.3. The standard InChI is InChI=1S/C28H32F3NO4S/c1-16(2)6-11-19-14-21-22(37-19)13-12-20(25(33)32-24(26(34)35)27(3,4)5)23(21)36-15-17-7-9-18(10-8-17)28(29,30)31/h7-10,12-14,16,24H,6,11,15H2,1-5H3,(H,32,33)(H,34,35). The summed E-state index contributed by atoms with van der Waals surface area (Å²) in [5.74, 6) is -0.950. The Morgan fingerprint density at radius 2 is 1.70 bits per heavy atom. The zero-order valence-electron chi connectivity index (χ0n) is 21.5. The molecule has 0 aliphatic carbocycles. The minimum absolute atomic E-state index is 0.0592. The average Bonchev–Trinajstić information content (AvgIpc) is 3.21. The smallest absolute Gasteiger partial charge is 0.416 e. The highest BCUT2D eigenvalue weighted by Crippen LogP contribution is 2.37. The molecule has 1 aromatic heterocycles. The molecule has 0 saturated heterocycles. The van der Waals surface area contributed by atoms with Gasteiger partial charge < -0.3 is 15.2 Å². The second-order valence-electron chi connectivity index (χ2n) is 10.6. The first-order chi connectivity index (χ1) is 17.2. The van der Waals surface area contributed by atoms with Gasteiger partial charge in [0.2, 0.25) is 0 Å². The molecule has 1 heterocycles. The van der Waals surface area contributed by atoms with E-state index in [0.29, 0.717) is 16.9 Å². The van der Waals surface area contributed by atoms with Crippen LogP contribution in [0.3, 0.4) is 0 Å². The van der Waals surface area contributed by atoms with E-state index in [2.05, 4.69) is 19.2 Å². The van der Waals surface area contributed by atoms with E-state index in [1.165, 1.54) is 12.1 Å². The Bertz CT molecular complexity index is 1260. The highest BCUT2D eigenvalue weighted by molar-refractivity contribution is 7.19. The van der Waals surface area contributed by atoms with Crippen molar-refractivity contribution in [2.45, 2.75) is 66.3 Å². The Morgan fingerprint density at radius 1 is 1.05 bits per heavy atom. The number of rotatable bonds is 9. The van der Waals surface area contributed by atoms with E-state index in [-0.39, 0.29) is 17.9 Å². The summed E-state index contributed by atoms with van der Waals surface area (Å²) in [5, 5.41) is 13.0. The first-order valence-electron chi connectivity index (χ1n) is 12.0. The van der Waals surface area contributed by atoms with Crippen LogP contribution < -0.4 is 10.1 Å². The fourth-order valence-corrected chi connectivity index (χ4v) is 4.91. The quantitative estimate of drug-likeness (QED) is 0.301. The van der Waals surface area contributed by atoms with Crippen molar-refractivity contribution in [1.82, 2.24) is 5.32 Å². The van der Waals surface area contributed by atoms with Gasteiger partial charge in [0.1, 0.15) is 18.4 Å². The number of aliphatic carboxylic acids is 1. The van der Waals surface area contributed by atoms with Gasteiger partial charge in [0.25, 0.3) is 5.91 Å². The van der Waals surface area contributed by atoms with E-state index in [4.69, 9.17) is 4.74 Å². The molecule has 1 unspecified atom stereocenters. The van der Waals surface area contributed by atoms with E-state index < -0.39 is 35.1 Å². The van der Waals surface area contributed by atoms with Crippen molar-refractivity contribution in [3.8, 4) is 5.75 Å². The Kier molecular flexibility index (Phi) is 8.57. The van der Waals surface area contributed by atoms with E-state index in [1.807, 2.05) is 12.1 Å². The van der Waals surface area contributed by atoms with E-state index in [0.717, 1.165) is 34.6 Å². The van der Waals surface area contributed by atoms with Gasteiger partial charge in [-0.05, 0) is 60.1 Å². The first-order valence-corrected chi connectivity index (χ1v) is 12.9. The van der Waals surface area contributed by atoms with Crippen LogP contribution in [0, 0.1) is 11.3 Å². The van der Waals surface area contributed by atoms with Crippen LogP contribution >= 0.6 is 11.3 Å². The summed E-state index contributed by atoms with van der Waals surface area (Å²) in [6, 6.07) is 8.90. The predicted molar refractivity (Wildman–Crippen MR) is 139 cm³/mol. The van der Waals surface area contributed by atoms with Crippen molar-refractivity contribution in [1.29, 1.82) is 0 Å². The molecule has 1 amide bonds. The van der Waals surface area contributed by atoms with Gasteiger partial charge in [-0.25, -0.2) is 4.79 Å². The number of benzene rings is 2. The largest absolute Gasteiger partial charge is 0.487 e. The van der Waals surface area contributed by atoms with Crippen molar-refractivity contribution in [3.05, 3.63) is 64.0 Å². The lowest BCUT2D eigenvalue weighted by atomic mass is 9.86. The predicted octanol–water partition coefficient (Wildman–Crippen LogP) is 7.32. The van der Waals surface area contributed by atoms with Crippen LogP contribution in [0.5, 0.6) is 5.75 Å². The van der Waals surface area contributed by atoms with Crippen LogP contribution in [0.15, 0.2) is 42.5 Å². The SMILES string of the molecule is CC(C)CCc1cc2c(OCc3ccc(C(F)(F)F)cc3)c(C(=O)NC(C(=O)O)C(C)(C)C)ccc2s1. The Morgan fingerprint density at radius 3 is 2.24 bits per heavy atom. The maximum Gasteiger partial charge on any atom is 0.416 e. The molecule has 200 valence electrons. The monoisotopic (exact) mass is 535 g/mol. The minimum atomic E-state index is -4.44. The molecule has 0 fully saturated rings. The van der Waals surface area contributed by atoms with Crippen LogP contribution in [-0.2, 0) is 24.0 Å². The Labute approximate surface area is 218 Å². The van der Waals surface area contributed by atoms with Gasteiger partial charge in [0, 0.05) is 15.0 Å². The molecule has 0 saturated carbocycles. The van der Waals surface area contributed by atoms with Gasteiger partial charge in [0.05, 0.1) is 11.1 Å². The lowest BCUT2D eigenvalue weighted by Gasteiger charge is -2.28.